The van der Waals surface area contributed by atoms with E-state index in [2.05, 4.69) is 22.4 Å². The molecule has 0 fully saturated rings. The third-order valence-electron chi connectivity index (χ3n) is 3.68. The second-order valence-electron chi connectivity index (χ2n) is 7.24. The lowest BCUT2D eigenvalue weighted by Crippen LogP contribution is -2.50. The monoisotopic (exact) mass is 332 g/mol. The summed E-state index contributed by atoms with van der Waals surface area (Å²) >= 11 is 0. The Kier molecular flexibility index (Phi) is 5.99. The fourth-order valence-corrected chi connectivity index (χ4v) is 2.82. The van der Waals surface area contributed by atoms with Crippen LogP contribution in [0.15, 0.2) is 35.3 Å². The van der Waals surface area contributed by atoms with Gasteiger partial charge in [0, 0.05) is 6.92 Å². The van der Waals surface area contributed by atoms with E-state index in [1.165, 1.54) is 12.5 Å². The maximum Gasteiger partial charge on any atom is 0.217 e. The molecule has 1 N–H and O–H groups in total. The van der Waals surface area contributed by atoms with E-state index in [1.54, 1.807) is 0 Å². The Hall–Kier alpha value is -1.88. The summed E-state index contributed by atoms with van der Waals surface area (Å²) in [5, 5.41) is 2.91. The SMILES string of the molecule is CC(=O)NC(C1=N[C@@H](Cc2ccccc2)CO1)C(C)OC(C)(C)C. The summed E-state index contributed by atoms with van der Waals surface area (Å²) in [6, 6.07) is 9.92. The summed E-state index contributed by atoms with van der Waals surface area (Å²) in [6.07, 6.45) is 0.592. The van der Waals surface area contributed by atoms with Crippen LogP contribution in [-0.2, 0) is 20.7 Å². The highest BCUT2D eigenvalue weighted by Crippen LogP contribution is 2.18. The van der Waals surface area contributed by atoms with Crippen molar-refractivity contribution < 1.29 is 14.3 Å². The number of hydrogen-bond donors (Lipinski definition) is 1. The van der Waals surface area contributed by atoms with Crippen molar-refractivity contribution in [3.63, 3.8) is 0 Å². The predicted octanol–water partition coefficient (Wildman–Crippen LogP) is 2.73. The van der Waals surface area contributed by atoms with Crippen LogP contribution >= 0.6 is 0 Å². The number of nitrogens with one attached hydrogen (secondary N) is 1. The molecule has 0 saturated heterocycles. The molecule has 0 aliphatic carbocycles. The Bertz CT molecular complexity index is 578. The summed E-state index contributed by atoms with van der Waals surface area (Å²) in [5.41, 5.74) is 0.921. The lowest BCUT2D eigenvalue weighted by molar-refractivity contribution is -0.121. The van der Waals surface area contributed by atoms with Crippen molar-refractivity contribution in [1.82, 2.24) is 5.32 Å². The molecule has 0 spiro atoms. The normalized spacial score (nSPS) is 20.0. The number of nitrogens with zero attached hydrogens (tertiary/aromatic N) is 1. The van der Waals surface area contributed by atoms with Crippen LogP contribution in [0.3, 0.4) is 0 Å². The third-order valence-corrected chi connectivity index (χ3v) is 3.68. The number of carbonyl (C=O) groups excluding carboxylic acids is 1. The molecule has 1 heterocycles. The van der Waals surface area contributed by atoms with Crippen molar-refractivity contribution in [2.75, 3.05) is 6.61 Å². The fraction of sp³-hybridized carbons (Fsp3) is 0.579. The van der Waals surface area contributed by atoms with Crippen LogP contribution in [0.1, 0.15) is 40.2 Å². The number of hydrogen-bond acceptors (Lipinski definition) is 4. The summed E-state index contributed by atoms with van der Waals surface area (Å²) in [4.78, 5) is 16.3. The zero-order chi connectivity index (χ0) is 17.7. The van der Waals surface area contributed by atoms with E-state index in [1.807, 2.05) is 45.9 Å². The first-order valence-corrected chi connectivity index (χ1v) is 8.44. The molecule has 1 amide bonds. The van der Waals surface area contributed by atoms with Gasteiger partial charge < -0.3 is 14.8 Å². The highest BCUT2D eigenvalue weighted by atomic mass is 16.5. The van der Waals surface area contributed by atoms with Gasteiger partial charge in [-0.2, -0.15) is 0 Å². The third kappa shape index (κ3) is 5.64. The van der Waals surface area contributed by atoms with E-state index in [4.69, 9.17) is 9.47 Å². The van der Waals surface area contributed by atoms with Crippen LogP contribution in [0.2, 0.25) is 0 Å². The lowest BCUT2D eigenvalue weighted by Gasteiger charge is -2.30. The Labute approximate surface area is 144 Å². The number of carbonyl (C=O) groups is 1. The first kappa shape index (κ1) is 18.5. The Morgan fingerprint density at radius 2 is 2.04 bits per heavy atom. The number of benzene rings is 1. The van der Waals surface area contributed by atoms with Gasteiger partial charge in [-0.05, 0) is 39.7 Å². The summed E-state index contributed by atoms with van der Waals surface area (Å²) < 4.78 is 11.8. The predicted molar refractivity (Wildman–Crippen MR) is 95.2 cm³/mol. The topological polar surface area (TPSA) is 59.9 Å². The zero-order valence-electron chi connectivity index (χ0n) is 15.2. The molecule has 1 aliphatic rings. The van der Waals surface area contributed by atoms with Gasteiger partial charge in [-0.1, -0.05) is 30.3 Å². The molecule has 2 rings (SSSR count). The van der Waals surface area contributed by atoms with Crippen molar-refractivity contribution in [1.29, 1.82) is 0 Å². The Morgan fingerprint density at radius 3 is 2.62 bits per heavy atom. The van der Waals surface area contributed by atoms with E-state index in [9.17, 15) is 4.79 Å². The number of rotatable bonds is 6. The van der Waals surface area contributed by atoms with Gasteiger partial charge in [0.15, 0.2) is 0 Å². The molecule has 24 heavy (non-hydrogen) atoms. The highest BCUT2D eigenvalue weighted by molar-refractivity contribution is 5.88. The standard InChI is InChI=1S/C19H28N2O3/c1-13(24-19(3,4)5)17(20-14(2)22)18-21-16(12-23-18)11-15-9-7-6-8-10-15/h6-10,13,16-17H,11-12H2,1-5H3,(H,20,22)/t13?,16-,17?/m0/s1. The second-order valence-corrected chi connectivity index (χ2v) is 7.24. The van der Waals surface area contributed by atoms with Gasteiger partial charge in [0.1, 0.15) is 12.6 Å². The van der Waals surface area contributed by atoms with Crippen LogP contribution in [0.5, 0.6) is 0 Å². The fourth-order valence-electron chi connectivity index (χ4n) is 2.82. The van der Waals surface area contributed by atoms with E-state index < -0.39 is 0 Å². The van der Waals surface area contributed by atoms with E-state index in [0.29, 0.717) is 12.5 Å². The molecule has 5 nitrogen and oxygen atoms in total. The van der Waals surface area contributed by atoms with Gasteiger partial charge in [0.25, 0.3) is 0 Å². The van der Waals surface area contributed by atoms with Gasteiger partial charge in [-0.25, -0.2) is 4.99 Å². The van der Waals surface area contributed by atoms with Gasteiger partial charge >= 0.3 is 0 Å². The number of aliphatic imine (C=N–C) groups is 1. The van der Waals surface area contributed by atoms with Crippen LogP contribution in [0.25, 0.3) is 0 Å². The maximum atomic E-state index is 11.6. The second kappa shape index (κ2) is 7.79. The van der Waals surface area contributed by atoms with Gasteiger partial charge in [0.2, 0.25) is 11.8 Å². The van der Waals surface area contributed by atoms with E-state index in [0.717, 1.165) is 6.42 Å². The molecule has 2 unspecified atom stereocenters. The van der Waals surface area contributed by atoms with Crippen molar-refractivity contribution in [2.45, 2.75) is 64.8 Å². The quantitative estimate of drug-likeness (QED) is 0.871. The number of ether oxygens (including phenoxy) is 2. The smallest absolute Gasteiger partial charge is 0.217 e. The molecule has 0 radical (unpaired) electrons. The van der Waals surface area contributed by atoms with Gasteiger partial charge in [-0.15, -0.1) is 0 Å². The van der Waals surface area contributed by atoms with Crippen LogP contribution in [-0.4, -0.2) is 42.2 Å². The molecule has 0 saturated carbocycles. The summed E-state index contributed by atoms with van der Waals surface area (Å²) in [5.74, 6) is 0.435. The van der Waals surface area contributed by atoms with Crippen molar-refractivity contribution in [3.05, 3.63) is 35.9 Å². The maximum absolute atomic E-state index is 11.6. The van der Waals surface area contributed by atoms with Gasteiger partial charge in [0.05, 0.1) is 17.7 Å². The van der Waals surface area contributed by atoms with Crippen LogP contribution in [0, 0.1) is 0 Å². The largest absolute Gasteiger partial charge is 0.477 e. The lowest BCUT2D eigenvalue weighted by atomic mass is 10.1. The minimum Gasteiger partial charge on any atom is -0.477 e. The molecule has 1 aliphatic heterocycles. The molecule has 1 aromatic carbocycles. The average Bonchev–Trinajstić information content (AvgIpc) is 2.92. The molecule has 1 aromatic rings. The minimum atomic E-state index is -0.373. The molecule has 0 bridgehead atoms. The molecular formula is C19H28N2O3. The van der Waals surface area contributed by atoms with Crippen molar-refractivity contribution >= 4 is 11.8 Å². The van der Waals surface area contributed by atoms with Crippen LogP contribution < -0.4 is 5.32 Å². The average molecular weight is 332 g/mol. The highest BCUT2D eigenvalue weighted by Gasteiger charge is 2.33. The molecule has 132 valence electrons. The Balaban J connectivity index is 2.08. The van der Waals surface area contributed by atoms with E-state index >= 15 is 0 Å². The Morgan fingerprint density at radius 1 is 1.38 bits per heavy atom. The molecule has 3 atom stereocenters. The first-order chi connectivity index (χ1) is 11.2. The molecular weight excluding hydrogens is 304 g/mol. The van der Waals surface area contributed by atoms with Crippen LogP contribution in [0.4, 0.5) is 0 Å². The summed E-state index contributed by atoms with van der Waals surface area (Å²) in [7, 11) is 0. The van der Waals surface area contributed by atoms with Crippen molar-refractivity contribution in [3.8, 4) is 0 Å². The van der Waals surface area contributed by atoms with Gasteiger partial charge in [-0.3, -0.25) is 4.79 Å². The van der Waals surface area contributed by atoms with E-state index in [-0.39, 0.29) is 29.7 Å². The minimum absolute atomic E-state index is 0.0699. The van der Waals surface area contributed by atoms with Crippen molar-refractivity contribution in [2.24, 2.45) is 4.99 Å². The molecule has 5 heteroatoms. The zero-order valence-corrected chi connectivity index (χ0v) is 15.2. The summed E-state index contributed by atoms with van der Waals surface area (Å²) in [6.45, 7) is 9.93. The molecule has 0 aromatic heterocycles. The first-order valence-electron chi connectivity index (χ1n) is 8.44. The number of amides is 1.